The van der Waals surface area contributed by atoms with E-state index in [1.165, 1.54) is 270 Å². The minimum Gasteiger partial charge on any atom is -1.00 e. The largest absolute Gasteiger partial charge is 1.00 e. The van der Waals surface area contributed by atoms with Crippen molar-refractivity contribution in [1.29, 1.82) is 0 Å². The highest BCUT2D eigenvalue weighted by Crippen LogP contribution is 2.43. The number of carbonyl (C=O) groups excluding carboxylic acids is 2. The van der Waals surface area contributed by atoms with E-state index in [2.05, 4.69) is 97.4 Å². The number of nitrogens with two attached hydrogens (primary N) is 1. The van der Waals surface area contributed by atoms with Crippen LogP contribution in [0.1, 0.15) is 387 Å². The van der Waals surface area contributed by atoms with Crippen LogP contribution >= 0.6 is 7.82 Å². The minimum atomic E-state index is -4.37. The zero-order valence-corrected chi connectivity index (χ0v) is 66.6. The van der Waals surface area contributed by atoms with Crippen LogP contribution in [0.2, 0.25) is 0 Å². The zero-order valence-electron chi connectivity index (χ0n) is 65.0. The summed E-state index contributed by atoms with van der Waals surface area (Å²) in [6.45, 7) is 11.8. The molecule has 0 rings (SSSR count). The highest BCUT2D eigenvalue weighted by molar-refractivity contribution is 7.47. The molecular formula is C83H162ClN2O10P. The summed E-state index contributed by atoms with van der Waals surface area (Å²) in [5.74, 6) is -0.845. The number of hydrogen-bond acceptors (Lipinski definition) is 10. The average molecular weight is 1410 g/mol. The Bertz CT molecular complexity index is 1760. The van der Waals surface area contributed by atoms with Crippen LogP contribution in [0.4, 0.5) is 0 Å². The van der Waals surface area contributed by atoms with Gasteiger partial charge in [-0.3, -0.25) is 18.6 Å². The summed E-state index contributed by atoms with van der Waals surface area (Å²) in [5, 5.41) is 0. The van der Waals surface area contributed by atoms with Gasteiger partial charge in [-0.05, 0) is 128 Å². The average Bonchev–Trinajstić information content (AvgIpc) is 2.55. The summed E-state index contributed by atoms with van der Waals surface area (Å²) in [5.41, 5.74) is 5.34. The first-order chi connectivity index (χ1) is 46.8. The molecule has 0 radical (unpaired) electrons. The molecule has 0 aromatic heterocycles. The van der Waals surface area contributed by atoms with Gasteiger partial charge in [0.1, 0.15) is 19.3 Å². The van der Waals surface area contributed by atoms with Gasteiger partial charge in [0, 0.05) is 32.6 Å². The lowest BCUT2D eigenvalue weighted by Gasteiger charge is -2.29. The second-order valence-corrected chi connectivity index (χ2v) is 30.2. The van der Waals surface area contributed by atoms with E-state index in [9.17, 15) is 19.0 Å². The lowest BCUT2D eigenvalue weighted by atomic mass is 10.1. The first-order valence-corrected chi connectivity index (χ1v) is 42.6. The topological polar surface area (TPSA) is 153 Å². The molecule has 14 heteroatoms. The van der Waals surface area contributed by atoms with Gasteiger partial charge >= 0.3 is 19.8 Å². The van der Waals surface area contributed by atoms with Crippen LogP contribution < -0.4 is 18.1 Å². The van der Waals surface area contributed by atoms with E-state index in [4.69, 9.17) is 33.7 Å². The Hall–Kier alpha value is -1.86. The summed E-state index contributed by atoms with van der Waals surface area (Å²) in [6.07, 6.45) is 86.8. The Morgan fingerprint density at radius 2 is 0.670 bits per heavy atom. The van der Waals surface area contributed by atoms with Gasteiger partial charge in [0.05, 0.1) is 41.0 Å². The van der Waals surface area contributed by atoms with Crippen molar-refractivity contribution in [2.75, 3.05) is 73.9 Å². The summed E-state index contributed by atoms with van der Waals surface area (Å²) in [6, 6.07) is 0. The Labute approximate surface area is 608 Å². The molecule has 0 spiro atoms. The van der Waals surface area contributed by atoms with Gasteiger partial charge < -0.3 is 46.5 Å². The summed E-state index contributed by atoms with van der Waals surface area (Å²) < 4.78 is 46.0. The number of allylic oxidation sites excluding steroid dienone is 8. The third-order valence-corrected chi connectivity index (χ3v) is 18.7. The molecule has 12 nitrogen and oxygen atoms in total. The lowest BCUT2D eigenvalue weighted by molar-refractivity contribution is -0.873. The van der Waals surface area contributed by atoms with Crippen LogP contribution in [0.3, 0.4) is 0 Å². The fourth-order valence-electron chi connectivity index (χ4n) is 11.7. The summed E-state index contributed by atoms with van der Waals surface area (Å²) >= 11 is 0. The molecule has 0 fully saturated rings. The van der Waals surface area contributed by atoms with Gasteiger partial charge in [0.25, 0.3) is 0 Å². The Morgan fingerprint density at radius 3 is 1.00 bits per heavy atom. The van der Waals surface area contributed by atoms with Crippen molar-refractivity contribution in [3.63, 3.8) is 0 Å². The summed E-state index contributed by atoms with van der Waals surface area (Å²) in [7, 11) is 2.39. The molecule has 0 saturated heterocycles. The monoisotopic (exact) mass is 1410 g/mol. The van der Waals surface area contributed by atoms with Crippen molar-refractivity contribution >= 4 is 19.8 Å². The Kier molecular flexibility index (Phi) is 83.4. The first kappa shape index (κ1) is 99.3. The van der Waals surface area contributed by atoms with Crippen molar-refractivity contribution in [1.82, 2.24) is 0 Å². The first-order valence-electron chi connectivity index (χ1n) is 41.1. The number of carbonyl (C=O) groups is 2. The van der Waals surface area contributed by atoms with Gasteiger partial charge in [0.2, 0.25) is 0 Å². The van der Waals surface area contributed by atoms with Crippen molar-refractivity contribution in [2.24, 2.45) is 5.73 Å². The normalized spacial score (nSPS) is 13.2. The number of likely N-dealkylation sites (N-methyl/N-ethyl adjacent to an activating group) is 1. The van der Waals surface area contributed by atoms with E-state index in [0.717, 1.165) is 101 Å². The van der Waals surface area contributed by atoms with E-state index in [1.807, 2.05) is 0 Å². The number of halogens is 1. The second-order valence-electron chi connectivity index (χ2n) is 28.8. The van der Waals surface area contributed by atoms with Crippen molar-refractivity contribution < 1.29 is 63.9 Å². The molecule has 3 N–H and O–H groups in total. The fourth-order valence-corrected chi connectivity index (χ4v) is 12.5. The van der Waals surface area contributed by atoms with E-state index in [1.54, 1.807) is 0 Å². The molecule has 0 aliphatic rings. The smallest absolute Gasteiger partial charge is 0.472 e. The minimum absolute atomic E-state index is 0. The lowest BCUT2D eigenvalue weighted by Crippen LogP contribution is -3.00. The van der Waals surface area contributed by atoms with Crippen molar-refractivity contribution in [3.05, 3.63) is 48.6 Å². The molecule has 0 heterocycles. The SMILES string of the molecule is CCCCCCCC/C=C/CCCCCCCC(=O)OCC(COP(=O)(O)OCCN)OC(=O)CCCCCCC/C=C/CCCCCCCC.CCCCCCCC/C=C/CCCCCCCCOCC(C[N+](C)(C)C)OCCCCCCCC/C=C/CCCCCCCC.[Cl-]. The maximum Gasteiger partial charge on any atom is 0.472 e. The molecule has 576 valence electrons. The van der Waals surface area contributed by atoms with Crippen LogP contribution in [0.25, 0.3) is 0 Å². The number of hydrogen-bond donors (Lipinski definition) is 2. The van der Waals surface area contributed by atoms with Crippen LogP contribution in [0.15, 0.2) is 48.6 Å². The van der Waals surface area contributed by atoms with Crippen molar-refractivity contribution in [3.8, 4) is 0 Å². The molecule has 3 unspecified atom stereocenters. The Balaban J connectivity index is -0.00000182. The number of unbranched alkanes of at least 4 members (excludes halogenated alkanes) is 46. The molecule has 0 bridgehead atoms. The molecule has 0 aromatic carbocycles. The van der Waals surface area contributed by atoms with E-state index in [0.29, 0.717) is 6.42 Å². The number of rotatable bonds is 76. The maximum atomic E-state index is 12.5. The van der Waals surface area contributed by atoms with Gasteiger partial charge in [-0.25, -0.2) is 4.57 Å². The molecular weight excluding hydrogens is 1250 g/mol. The predicted octanol–water partition coefficient (Wildman–Crippen LogP) is 21.8. The standard InChI is InChI=1S/C42H84NO2.C41H78NO8P.ClH/c1-6-8-10-12-14-16-18-20-22-24-26-28-30-32-34-36-38-44-41-42(40-43(3,4)5)45-39-37-35-33-31-29-27-25-23-21-19-17-15-13-11-9-7-2;1-3-5-7-9-11-13-15-17-19-21-23-25-27-29-31-33-40(43)47-37-39(38-49-51(45,46)48-36-35-42)50-41(44)34-32-30-28-26-24-22-20-18-16-14-12-10-8-6-4-2;/h20-23,42H,6-19,24-41H2,1-5H3;17-20,39H,3-16,21-38,42H2,1-2H3,(H,45,46);1H/q+1;;/p-1/b22-20+,23-21+;19-17+,20-18+;. The van der Waals surface area contributed by atoms with Crippen LogP contribution in [-0.2, 0) is 42.1 Å². The molecule has 0 aromatic rings. The summed E-state index contributed by atoms with van der Waals surface area (Å²) in [4.78, 5) is 34.8. The molecule has 0 amide bonds. The second kappa shape index (κ2) is 81.4. The van der Waals surface area contributed by atoms with E-state index >= 15 is 0 Å². The molecule has 3 atom stereocenters. The van der Waals surface area contributed by atoms with Crippen LogP contribution in [0, 0.1) is 0 Å². The molecule has 97 heavy (non-hydrogen) atoms. The third-order valence-electron chi connectivity index (χ3n) is 17.7. The van der Waals surface area contributed by atoms with E-state index < -0.39 is 32.5 Å². The number of phosphoric ester groups is 1. The number of nitrogens with zero attached hydrogens (tertiary/aromatic N) is 1. The van der Waals surface area contributed by atoms with Gasteiger partial charge in [-0.1, -0.05) is 295 Å². The quantitative estimate of drug-likeness (QED) is 0.0197. The molecule has 0 aliphatic heterocycles. The number of quaternary nitrogens is 1. The van der Waals surface area contributed by atoms with Crippen molar-refractivity contribution in [2.45, 2.75) is 399 Å². The number of phosphoric acid groups is 1. The fraction of sp³-hybridized carbons (Fsp3) is 0.880. The van der Waals surface area contributed by atoms with Crippen LogP contribution in [-0.4, -0.2) is 107 Å². The van der Waals surface area contributed by atoms with Gasteiger partial charge in [-0.15, -0.1) is 0 Å². The zero-order chi connectivity index (χ0) is 70.5. The Morgan fingerprint density at radius 1 is 0.371 bits per heavy atom. The van der Waals surface area contributed by atoms with Gasteiger partial charge in [0.15, 0.2) is 6.10 Å². The number of ether oxygens (including phenoxy) is 4. The predicted molar refractivity (Wildman–Crippen MR) is 413 cm³/mol. The highest BCUT2D eigenvalue weighted by atomic mass is 35.5. The third kappa shape index (κ3) is 86.5. The molecule has 0 aliphatic carbocycles. The highest BCUT2D eigenvalue weighted by Gasteiger charge is 2.26. The maximum absolute atomic E-state index is 12.5. The van der Waals surface area contributed by atoms with Gasteiger partial charge in [-0.2, -0.15) is 0 Å². The number of esters is 2. The molecule has 0 saturated carbocycles. The van der Waals surface area contributed by atoms with E-state index in [-0.39, 0.29) is 51.1 Å². The van der Waals surface area contributed by atoms with Crippen LogP contribution in [0.5, 0.6) is 0 Å².